The first-order valence-corrected chi connectivity index (χ1v) is 7.22. The van der Waals surface area contributed by atoms with Gasteiger partial charge in [-0.25, -0.2) is 5.84 Å². The fraction of sp³-hybridized carbons (Fsp3) is 0.769. The zero-order chi connectivity index (χ0) is 15.7. The van der Waals surface area contributed by atoms with Crippen molar-refractivity contribution in [3.63, 3.8) is 0 Å². The Morgan fingerprint density at radius 3 is 2.38 bits per heavy atom. The minimum absolute atomic E-state index is 0.0229. The molecule has 1 aromatic heterocycles. The molecule has 1 aromatic rings. The summed E-state index contributed by atoms with van der Waals surface area (Å²) in [4.78, 5) is 12.3. The Morgan fingerprint density at radius 2 is 1.76 bits per heavy atom. The number of aromatic nitrogens is 3. The van der Waals surface area contributed by atoms with Gasteiger partial charge in [0.25, 0.3) is 0 Å². The van der Waals surface area contributed by atoms with E-state index in [9.17, 15) is 0 Å². The van der Waals surface area contributed by atoms with Crippen LogP contribution >= 0.6 is 0 Å². The second kappa shape index (κ2) is 9.30. The summed E-state index contributed by atoms with van der Waals surface area (Å²) in [5, 5.41) is 3.06. The molecule has 0 aliphatic carbocycles. The number of hydrogen-bond acceptors (Lipinski definition) is 8. The minimum atomic E-state index is -0.0229. The van der Waals surface area contributed by atoms with Crippen molar-refractivity contribution < 1.29 is 9.47 Å². The Labute approximate surface area is 125 Å². The van der Waals surface area contributed by atoms with Crippen molar-refractivity contribution in [3.05, 3.63) is 0 Å². The van der Waals surface area contributed by atoms with Crippen LogP contribution in [0, 0.1) is 5.92 Å². The molecule has 21 heavy (non-hydrogen) atoms. The van der Waals surface area contributed by atoms with Gasteiger partial charge in [-0.05, 0) is 26.2 Å². The fourth-order valence-corrected chi connectivity index (χ4v) is 1.42. The van der Waals surface area contributed by atoms with Crippen LogP contribution in [0.2, 0.25) is 0 Å². The number of nitrogens with two attached hydrogens (primary N) is 1. The number of anilines is 2. The maximum atomic E-state index is 5.51. The third kappa shape index (κ3) is 7.62. The molecular weight excluding hydrogens is 272 g/mol. The lowest BCUT2D eigenvalue weighted by Gasteiger charge is -2.11. The van der Waals surface area contributed by atoms with Gasteiger partial charge in [-0.3, -0.25) is 5.43 Å². The van der Waals surface area contributed by atoms with Gasteiger partial charge >= 0.3 is 6.01 Å². The molecule has 8 nitrogen and oxygen atoms in total. The molecule has 1 rings (SSSR count). The zero-order valence-corrected chi connectivity index (χ0v) is 13.2. The van der Waals surface area contributed by atoms with Gasteiger partial charge in [0.1, 0.15) is 0 Å². The van der Waals surface area contributed by atoms with Crippen LogP contribution in [0.1, 0.15) is 34.1 Å². The van der Waals surface area contributed by atoms with Gasteiger partial charge in [0.05, 0.1) is 12.7 Å². The van der Waals surface area contributed by atoms with E-state index in [1.165, 1.54) is 0 Å². The predicted molar refractivity (Wildman–Crippen MR) is 82.2 cm³/mol. The van der Waals surface area contributed by atoms with Crippen LogP contribution in [0.15, 0.2) is 0 Å². The molecule has 0 aromatic carbocycles. The van der Waals surface area contributed by atoms with Crippen molar-refractivity contribution in [1.29, 1.82) is 0 Å². The number of hydrogen-bond donors (Lipinski definition) is 3. The van der Waals surface area contributed by atoms with Gasteiger partial charge in [0.15, 0.2) is 0 Å². The van der Waals surface area contributed by atoms with Gasteiger partial charge < -0.3 is 14.8 Å². The standard InChI is InChI=1S/C13H26N6O2/c1-9(2)5-7-20-8-6-15-11-16-12(19-14)18-13(17-11)21-10(3)4/h9-10H,5-8,14H2,1-4H3,(H2,15,16,17,18,19). The van der Waals surface area contributed by atoms with Gasteiger partial charge in [0.2, 0.25) is 11.9 Å². The predicted octanol–water partition coefficient (Wildman–Crippen LogP) is 1.42. The summed E-state index contributed by atoms with van der Waals surface area (Å²) in [6.07, 6.45) is 1.03. The minimum Gasteiger partial charge on any atom is -0.461 e. The van der Waals surface area contributed by atoms with E-state index in [-0.39, 0.29) is 18.1 Å². The molecule has 0 saturated heterocycles. The Balaban J connectivity index is 2.42. The van der Waals surface area contributed by atoms with E-state index >= 15 is 0 Å². The van der Waals surface area contributed by atoms with Crippen molar-refractivity contribution >= 4 is 11.9 Å². The van der Waals surface area contributed by atoms with E-state index in [1.807, 2.05) is 13.8 Å². The summed E-state index contributed by atoms with van der Waals surface area (Å²) in [6.45, 7) is 10.1. The van der Waals surface area contributed by atoms with Crippen LogP contribution in [0.3, 0.4) is 0 Å². The Bertz CT molecular complexity index is 414. The molecule has 0 spiro atoms. The zero-order valence-electron chi connectivity index (χ0n) is 13.2. The molecular formula is C13H26N6O2. The van der Waals surface area contributed by atoms with Crippen LogP contribution in [0.25, 0.3) is 0 Å². The van der Waals surface area contributed by atoms with E-state index in [2.05, 4.69) is 39.5 Å². The normalized spacial score (nSPS) is 11.0. The van der Waals surface area contributed by atoms with Crippen LogP contribution in [0.5, 0.6) is 6.01 Å². The van der Waals surface area contributed by atoms with Crippen LogP contribution in [0.4, 0.5) is 11.9 Å². The first-order chi connectivity index (χ1) is 10.0. The quantitative estimate of drug-likeness (QED) is 0.338. The highest BCUT2D eigenvalue weighted by molar-refractivity contribution is 5.34. The lowest BCUT2D eigenvalue weighted by molar-refractivity contribution is 0.132. The number of rotatable bonds is 10. The highest BCUT2D eigenvalue weighted by Crippen LogP contribution is 2.11. The number of nitrogen functional groups attached to an aromatic ring is 1. The Hall–Kier alpha value is -1.67. The summed E-state index contributed by atoms with van der Waals surface area (Å²) in [7, 11) is 0. The number of ether oxygens (including phenoxy) is 2. The van der Waals surface area contributed by atoms with Crippen LogP contribution in [-0.2, 0) is 4.74 Å². The topological polar surface area (TPSA) is 107 Å². The second-order valence-corrected chi connectivity index (χ2v) is 5.30. The van der Waals surface area contributed by atoms with Crippen molar-refractivity contribution in [2.45, 2.75) is 40.2 Å². The summed E-state index contributed by atoms with van der Waals surface area (Å²) >= 11 is 0. The van der Waals surface area contributed by atoms with Crippen molar-refractivity contribution in [1.82, 2.24) is 15.0 Å². The third-order valence-corrected chi connectivity index (χ3v) is 2.45. The first-order valence-electron chi connectivity index (χ1n) is 7.22. The van der Waals surface area contributed by atoms with Gasteiger partial charge in [-0.15, -0.1) is 0 Å². The highest BCUT2D eigenvalue weighted by Gasteiger charge is 2.08. The molecule has 0 unspecified atom stereocenters. The molecule has 0 saturated carbocycles. The van der Waals surface area contributed by atoms with Gasteiger partial charge in [0, 0.05) is 13.2 Å². The lowest BCUT2D eigenvalue weighted by Crippen LogP contribution is -2.18. The molecule has 8 heteroatoms. The number of nitrogens with one attached hydrogen (secondary N) is 2. The third-order valence-electron chi connectivity index (χ3n) is 2.45. The molecule has 0 atom stereocenters. The molecule has 4 N–H and O–H groups in total. The van der Waals surface area contributed by atoms with Crippen LogP contribution in [-0.4, -0.2) is 40.8 Å². The average molecular weight is 298 g/mol. The molecule has 1 heterocycles. The summed E-state index contributed by atoms with van der Waals surface area (Å²) in [6, 6.07) is 0.233. The average Bonchev–Trinajstić information content (AvgIpc) is 2.41. The SMILES string of the molecule is CC(C)CCOCCNc1nc(NN)nc(OC(C)C)n1. The number of hydrazine groups is 1. The maximum absolute atomic E-state index is 5.51. The first kappa shape index (κ1) is 17.4. The molecule has 0 aliphatic rings. The largest absolute Gasteiger partial charge is 0.461 e. The van der Waals surface area contributed by atoms with Crippen molar-refractivity contribution in [2.75, 3.05) is 30.5 Å². The van der Waals surface area contributed by atoms with Crippen molar-refractivity contribution in [3.8, 4) is 6.01 Å². The molecule has 0 amide bonds. The second-order valence-electron chi connectivity index (χ2n) is 5.30. The molecule has 120 valence electrons. The van der Waals surface area contributed by atoms with E-state index in [4.69, 9.17) is 15.3 Å². The summed E-state index contributed by atoms with van der Waals surface area (Å²) < 4.78 is 11.0. The molecule has 0 bridgehead atoms. The molecule has 0 aliphatic heterocycles. The summed E-state index contributed by atoms with van der Waals surface area (Å²) in [5.41, 5.74) is 2.39. The monoisotopic (exact) mass is 298 g/mol. The van der Waals surface area contributed by atoms with E-state index in [1.54, 1.807) is 0 Å². The smallest absolute Gasteiger partial charge is 0.323 e. The maximum Gasteiger partial charge on any atom is 0.323 e. The summed E-state index contributed by atoms with van der Waals surface area (Å²) in [5.74, 6) is 6.64. The Kier molecular flexibility index (Phi) is 7.70. The Morgan fingerprint density at radius 1 is 1.05 bits per heavy atom. The number of nitrogens with zero attached hydrogens (tertiary/aromatic N) is 3. The lowest BCUT2D eigenvalue weighted by atomic mass is 10.1. The highest BCUT2D eigenvalue weighted by atomic mass is 16.5. The van der Waals surface area contributed by atoms with Crippen molar-refractivity contribution in [2.24, 2.45) is 11.8 Å². The van der Waals surface area contributed by atoms with Crippen LogP contribution < -0.4 is 21.3 Å². The van der Waals surface area contributed by atoms with E-state index in [0.717, 1.165) is 13.0 Å². The van der Waals surface area contributed by atoms with Gasteiger partial charge in [-0.1, -0.05) is 13.8 Å². The fourth-order valence-electron chi connectivity index (χ4n) is 1.42. The molecule has 0 radical (unpaired) electrons. The van der Waals surface area contributed by atoms with Gasteiger partial charge in [-0.2, -0.15) is 15.0 Å². The van der Waals surface area contributed by atoms with E-state index in [0.29, 0.717) is 25.0 Å². The molecule has 0 fully saturated rings. The van der Waals surface area contributed by atoms with E-state index < -0.39 is 0 Å².